The largest absolute Gasteiger partial charge is 0.306 e. The Labute approximate surface area is 128 Å². The molecule has 0 fully saturated rings. The molecule has 2 nitrogen and oxygen atoms in total. The van der Waals surface area contributed by atoms with Gasteiger partial charge in [-0.15, -0.1) is 0 Å². The lowest BCUT2D eigenvalue weighted by molar-refractivity contribution is 0.575. The second-order valence-electron chi connectivity index (χ2n) is 4.59. The van der Waals surface area contributed by atoms with Gasteiger partial charge in [-0.1, -0.05) is 41.4 Å². The van der Waals surface area contributed by atoms with E-state index in [-0.39, 0.29) is 6.04 Å². The molecule has 0 saturated carbocycles. The smallest absolute Gasteiger partial charge is 0.0991 e. The quantitative estimate of drug-likeness (QED) is 0.887. The van der Waals surface area contributed by atoms with Crippen LogP contribution in [0.4, 0.5) is 0 Å². The van der Waals surface area contributed by atoms with Gasteiger partial charge < -0.3 is 5.32 Å². The molecule has 0 heterocycles. The monoisotopic (exact) mass is 304 g/mol. The van der Waals surface area contributed by atoms with Crippen molar-refractivity contribution in [3.8, 4) is 6.07 Å². The van der Waals surface area contributed by atoms with Gasteiger partial charge >= 0.3 is 0 Å². The summed E-state index contributed by atoms with van der Waals surface area (Å²) in [7, 11) is 0. The molecule has 1 atom stereocenters. The summed E-state index contributed by atoms with van der Waals surface area (Å²) in [4.78, 5) is 0. The number of nitrogens with zero attached hydrogens (tertiary/aromatic N) is 1. The SMILES string of the molecule is CC(NCc1cccc(C#N)c1)c1ccc(Cl)c(Cl)c1. The van der Waals surface area contributed by atoms with Gasteiger partial charge in [0.2, 0.25) is 0 Å². The van der Waals surface area contributed by atoms with Gasteiger partial charge in [0, 0.05) is 12.6 Å². The van der Waals surface area contributed by atoms with E-state index in [9.17, 15) is 0 Å². The minimum atomic E-state index is 0.149. The normalized spacial score (nSPS) is 11.9. The molecule has 0 saturated heterocycles. The average molecular weight is 305 g/mol. The molecule has 0 aliphatic rings. The Bertz CT molecular complexity index is 647. The highest BCUT2D eigenvalue weighted by Crippen LogP contribution is 2.25. The van der Waals surface area contributed by atoms with E-state index in [2.05, 4.69) is 18.3 Å². The van der Waals surface area contributed by atoms with Crippen LogP contribution in [0.25, 0.3) is 0 Å². The summed E-state index contributed by atoms with van der Waals surface area (Å²) in [6, 6.07) is 15.5. The van der Waals surface area contributed by atoms with E-state index in [1.807, 2.05) is 30.3 Å². The summed E-state index contributed by atoms with van der Waals surface area (Å²) < 4.78 is 0. The summed E-state index contributed by atoms with van der Waals surface area (Å²) in [5.74, 6) is 0. The van der Waals surface area contributed by atoms with Crippen LogP contribution >= 0.6 is 23.2 Å². The van der Waals surface area contributed by atoms with E-state index in [1.165, 1.54) is 0 Å². The maximum Gasteiger partial charge on any atom is 0.0991 e. The zero-order chi connectivity index (χ0) is 14.5. The minimum Gasteiger partial charge on any atom is -0.306 e. The first-order chi connectivity index (χ1) is 9.60. The molecule has 4 heteroatoms. The molecule has 0 amide bonds. The van der Waals surface area contributed by atoms with Gasteiger partial charge in [0.15, 0.2) is 0 Å². The molecule has 0 aromatic heterocycles. The summed E-state index contributed by atoms with van der Waals surface area (Å²) >= 11 is 11.9. The van der Waals surface area contributed by atoms with Crippen LogP contribution in [0.2, 0.25) is 10.0 Å². The maximum atomic E-state index is 8.88. The van der Waals surface area contributed by atoms with Crippen molar-refractivity contribution in [3.05, 3.63) is 69.2 Å². The lowest BCUT2D eigenvalue weighted by Crippen LogP contribution is -2.18. The van der Waals surface area contributed by atoms with Crippen molar-refractivity contribution >= 4 is 23.2 Å². The van der Waals surface area contributed by atoms with Gasteiger partial charge in [-0.25, -0.2) is 0 Å². The van der Waals surface area contributed by atoms with Crippen molar-refractivity contribution in [2.75, 3.05) is 0 Å². The third-order valence-electron chi connectivity index (χ3n) is 3.11. The molecule has 0 bridgehead atoms. The van der Waals surface area contributed by atoms with E-state index in [0.29, 0.717) is 22.2 Å². The highest BCUT2D eigenvalue weighted by Gasteiger charge is 2.07. The number of halogens is 2. The van der Waals surface area contributed by atoms with Gasteiger partial charge in [0.1, 0.15) is 0 Å². The molecule has 2 rings (SSSR count). The van der Waals surface area contributed by atoms with E-state index in [4.69, 9.17) is 28.5 Å². The van der Waals surface area contributed by atoms with Crippen molar-refractivity contribution in [2.24, 2.45) is 0 Å². The van der Waals surface area contributed by atoms with Crippen molar-refractivity contribution in [3.63, 3.8) is 0 Å². The first-order valence-corrected chi connectivity index (χ1v) is 7.03. The third-order valence-corrected chi connectivity index (χ3v) is 3.85. The van der Waals surface area contributed by atoms with Crippen LogP contribution in [-0.4, -0.2) is 0 Å². The molecule has 2 aromatic rings. The van der Waals surface area contributed by atoms with E-state index < -0.39 is 0 Å². The molecule has 0 aliphatic carbocycles. The van der Waals surface area contributed by atoms with Crippen molar-refractivity contribution in [1.29, 1.82) is 5.26 Å². The molecule has 1 unspecified atom stereocenters. The molecule has 102 valence electrons. The molecule has 20 heavy (non-hydrogen) atoms. The topological polar surface area (TPSA) is 35.8 Å². The van der Waals surface area contributed by atoms with Crippen molar-refractivity contribution < 1.29 is 0 Å². The summed E-state index contributed by atoms with van der Waals surface area (Å²) in [5.41, 5.74) is 2.83. The maximum absolute atomic E-state index is 8.88. The lowest BCUT2D eigenvalue weighted by Gasteiger charge is -2.15. The van der Waals surface area contributed by atoms with Gasteiger partial charge in [-0.2, -0.15) is 5.26 Å². The third kappa shape index (κ3) is 3.74. The first kappa shape index (κ1) is 14.9. The first-order valence-electron chi connectivity index (χ1n) is 6.27. The van der Waals surface area contributed by atoms with Gasteiger partial charge in [-0.05, 0) is 42.3 Å². The second kappa shape index (κ2) is 6.76. The minimum absolute atomic E-state index is 0.149. The van der Waals surface area contributed by atoms with Gasteiger partial charge in [-0.3, -0.25) is 0 Å². The molecule has 0 aliphatic heterocycles. The van der Waals surface area contributed by atoms with Crippen LogP contribution in [0.5, 0.6) is 0 Å². The molecule has 2 aromatic carbocycles. The number of benzene rings is 2. The predicted molar refractivity (Wildman–Crippen MR) is 82.9 cm³/mol. The number of nitriles is 1. The van der Waals surface area contributed by atoms with Crippen molar-refractivity contribution in [2.45, 2.75) is 19.5 Å². The van der Waals surface area contributed by atoms with Crippen LogP contribution in [-0.2, 0) is 6.54 Å². The Morgan fingerprint density at radius 2 is 1.95 bits per heavy atom. The Kier molecular flexibility index (Phi) is 5.03. The fraction of sp³-hybridized carbons (Fsp3) is 0.188. The zero-order valence-corrected chi connectivity index (χ0v) is 12.5. The molecule has 0 radical (unpaired) electrons. The summed E-state index contributed by atoms with van der Waals surface area (Å²) in [5, 5.41) is 13.4. The fourth-order valence-corrected chi connectivity index (χ4v) is 2.23. The highest BCUT2D eigenvalue weighted by molar-refractivity contribution is 6.42. The van der Waals surface area contributed by atoms with Crippen molar-refractivity contribution in [1.82, 2.24) is 5.32 Å². The number of hydrogen-bond acceptors (Lipinski definition) is 2. The van der Waals surface area contributed by atoms with Gasteiger partial charge in [0.05, 0.1) is 21.7 Å². The van der Waals surface area contributed by atoms with Crippen LogP contribution in [0.3, 0.4) is 0 Å². The standard InChI is InChI=1S/C16H14Cl2N2/c1-11(14-5-6-15(17)16(18)8-14)20-10-13-4-2-3-12(7-13)9-19/h2-8,11,20H,10H2,1H3. The number of hydrogen-bond donors (Lipinski definition) is 1. The number of nitrogens with one attached hydrogen (secondary N) is 1. The molecule has 1 N–H and O–H groups in total. The molecular weight excluding hydrogens is 291 g/mol. The van der Waals surface area contributed by atoms with Crippen LogP contribution in [0.15, 0.2) is 42.5 Å². The van der Waals surface area contributed by atoms with Crippen LogP contribution < -0.4 is 5.32 Å². The Balaban J connectivity index is 2.02. The second-order valence-corrected chi connectivity index (χ2v) is 5.40. The van der Waals surface area contributed by atoms with E-state index >= 15 is 0 Å². The molecule has 0 spiro atoms. The Hall–Kier alpha value is -1.53. The average Bonchev–Trinajstić information content (AvgIpc) is 2.47. The van der Waals surface area contributed by atoms with Gasteiger partial charge in [0.25, 0.3) is 0 Å². The molecular formula is C16H14Cl2N2. The summed E-state index contributed by atoms with van der Waals surface area (Å²) in [6.45, 7) is 2.75. The van der Waals surface area contributed by atoms with Crippen LogP contribution in [0, 0.1) is 11.3 Å². The Morgan fingerprint density at radius 1 is 1.15 bits per heavy atom. The number of rotatable bonds is 4. The van der Waals surface area contributed by atoms with E-state index in [1.54, 1.807) is 12.1 Å². The Morgan fingerprint density at radius 3 is 2.65 bits per heavy atom. The fourth-order valence-electron chi connectivity index (χ4n) is 1.92. The lowest BCUT2D eigenvalue weighted by atomic mass is 10.1. The highest BCUT2D eigenvalue weighted by atomic mass is 35.5. The predicted octanol–water partition coefficient (Wildman–Crippen LogP) is 4.72. The zero-order valence-electron chi connectivity index (χ0n) is 11.0. The summed E-state index contributed by atoms with van der Waals surface area (Å²) in [6.07, 6.45) is 0. The van der Waals surface area contributed by atoms with Crippen LogP contribution in [0.1, 0.15) is 29.7 Å². The van der Waals surface area contributed by atoms with E-state index in [0.717, 1.165) is 11.1 Å².